The number of aliphatic hydroxyl groups excluding tert-OH is 1. The molecule has 0 spiro atoms. The lowest BCUT2D eigenvalue weighted by molar-refractivity contribution is 0.0655. The number of aliphatic hydroxyl groups is 1. The first kappa shape index (κ1) is 18.5. The summed E-state index contributed by atoms with van der Waals surface area (Å²) in [6.07, 6.45) is 7.38. The van der Waals surface area contributed by atoms with E-state index in [4.69, 9.17) is 4.74 Å². The molecule has 1 saturated carbocycles. The Bertz CT molecular complexity index is 363. The molecule has 0 heterocycles. The zero-order valence-electron chi connectivity index (χ0n) is 14.7. The molecule has 21 heavy (non-hydrogen) atoms. The van der Waals surface area contributed by atoms with Crippen LogP contribution in [-0.2, 0) is 4.74 Å². The predicted octanol–water partition coefficient (Wildman–Crippen LogP) is 4.41. The van der Waals surface area contributed by atoms with Crippen LogP contribution in [0.1, 0.15) is 72.6 Å². The summed E-state index contributed by atoms with van der Waals surface area (Å²) in [7, 11) is 1.78. The van der Waals surface area contributed by atoms with Crippen LogP contribution in [0.4, 0.5) is 0 Å². The van der Waals surface area contributed by atoms with Gasteiger partial charge in [0, 0.05) is 19.1 Å². The van der Waals surface area contributed by atoms with Crippen molar-refractivity contribution in [3.63, 3.8) is 0 Å². The number of hydrogen-bond acceptors (Lipinski definition) is 2. The standard InChI is InChI=1S/C19H34O2/c1-6-7-8-9-10-17(20)12-14-19(4)13-11-16(15-21-5)18(19,2)3/h16-17,20H,6-11,13,15H2,1-5H3/t16-,17-,19+/m1/s1. The average Bonchev–Trinajstić information content (AvgIpc) is 2.66. The maximum absolute atomic E-state index is 10.1. The third kappa shape index (κ3) is 4.73. The van der Waals surface area contributed by atoms with Crippen LogP contribution in [0.15, 0.2) is 0 Å². The van der Waals surface area contributed by atoms with Gasteiger partial charge in [-0.25, -0.2) is 0 Å². The minimum atomic E-state index is -0.462. The van der Waals surface area contributed by atoms with Gasteiger partial charge in [-0.05, 0) is 43.9 Å². The summed E-state index contributed by atoms with van der Waals surface area (Å²) in [5, 5.41) is 10.1. The zero-order chi connectivity index (χ0) is 15.9. The molecule has 122 valence electrons. The Kier molecular flexibility index (Phi) is 7.24. The highest BCUT2D eigenvalue weighted by atomic mass is 16.5. The summed E-state index contributed by atoms with van der Waals surface area (Å²) in [5.41, 5.74) is 0.124. The van der Waals surface area contributed by atoms with Crippen LogP contribution >= 0.6 is 0 Å². The van der Waals surface area contributed by atoms with Gasteiger partial charge in [-0.3, -0.25) is 0 Å². The molecule has 0 aromatic heterocycles. The molecule has 1 fully saturated rings. The van der Waals surface area contributed by atoms with Crippen LogP contribution in [-0.4, -0.2) is 24.9 Å². The van der Waals surface area contributed by atoms with Crippen molar-refractivity contribution in [3.05, 3.63) is 0 Å². The van der Waals surface area contributed by atoms with Crippen LogP contribution in [0, 0.1) is 28.6 Å². The first-order chi connectivity index (χ1) is 9.87. The molecule has 0 aromatic rings. The normalized spacial score (nSPS) is 29.0. The summed E-state index contributed by atoms with van der Waals surface area (Å²) >= 11 is 0. The number of rotatable bonds is 7. The van der Waals surface area contributed by atoms with E-state index in [0.29, 0.717) is 5.92 Å². The maximum atomic E-state index is 10.1. The van der Waals surface area contributed by atoms with Crippen LogP contribution in [0.2, 0.25) is 0 Å². The summed E-state index contributed by atoms with van der Waals surface area (Å²) in [6.45, 7) is 9.86. The van der Waals surface area contributed by atoms with Gasteiger partial charge in [-0.15, -0.1) is 0 Å². The van der Waals surface area contributed by atoms with Gasteiger partial charge in [0.1, 0.15) is 6.10 Å². The second-order valence-corrected chi connectivity index (χ2v) is 7.38. The highest BCUT2D eigenvalue weighted by Gasteiger charge is 2.50. The minimum Gasteiger partial charge on any atom is -0.384 e. The monoisotopic (exact) mass is 294 g/mol. The van der Waals surface area contributed by atoms with Crippen LogP contribution in [0.3, 0.4) is 0 Å². The van der Waals surface area contributed by atoms with E-state index in [9.17, 15) is 5.11 Å². The molecular weight excluding hydrogens is 260 g/mol. The number of unbranched alkanes of at least 4 members (excludes halogenated alkanes) is 3. The molecule has 3 atom stereocenters. The molecule has 1 aliphatic rings. The SMILES string of the molecule is CCCCCC[C@@H](O)C#C[C@]1(C)CC[C@H](COC)C1(C)C. The van der Waals surface area contributed by atoms with Gasteiger partial charge < -0.3 is 9.84 Å². The molecule has 2 heteroatoms. The van der Waals surface area contributed by atoms with E-state index in [-0.39, 0.29) is 10.8 Å². The molecule has 0 saturated heterocycles. The van der Waals surface area contributed by atoms with Gasteiger partial charge in [0.05, 0.1) is 0 Å². The fourth-order valence-corrected chi connectivity index (χ4v) is 3.39. The van der Waals surface area contributed by atoms with Crippen molar-refractivity contribution in [2.45, 2.75) is 78.7 Å². The van der Waals surface area contributed by atoms with Gasteiger partial charge in [-0.2, -0.15) is 0 Å². The lowest BCUT2D eigenvalue weighted by atomic mass is 9.66. The summed E-state index contributed by atoms with van der Waals surface area (Å²) < 4.78 is 5.36. The number of hydrogen-bond donors (Lipinski definition) is 1. The van der Waals surface area contributed by atoms with Crippen LogP contribution in [0.5, 0.6) is 0 Å². The van der Waals surface area contributed by atoms with Crippen molar-refractivity contribution >= 4 is 0 Å². The molecule has 0 amide bonds. The smallest absolute Gasteiger partial charge is 0.114 e. The first-order valence-electron chi connectivity index (χ1n) is 8.57. The molecule has 0 bridgehead atoms. The van der Waals surface area contributed by atoms with Gasteiger partial charge in [-0.1, -0.05) is 51.9 Å². The molecule has 1 rings (SSSR count). The largest absolute Gasteiger partial charge is 0.384 e. The Balaban J connectivity index is 2.59. The summed E-state index contributed by atoms with van der Waals surface area (Å²) in [4.78, 5) is 0. The molecule has 0 unspecified atom stereocenters. The molecule has 1 aliphatic carbocycles. The van der Waals surface area contributed by atoms with E-state index in [0.717, 1.165) is 25.9 Å². The lowest BCUT2D eigenvalue weighted by Crippen LogP contribution is -2.35. The van der Waals surface area contributed by atoms with E-state index in [1.807, 2.05) is 0 Å². The fraction of sp³-hybridized carbons (Fsp3) is 0.895. The zero-order valence-corrected chi connectivity index (χ0v) is 14.7. The molecule has 0 radical (unpaired) electrons. The predicted molar refractivity (Wildman–Crippen MR) is 89.0 cm³/mol. The first-order valence-corrected chi connectivity index (χ1v) is 8.57. The van der Waals surface area contributed by atoms with Crippen molar-refractivity contribution in [2.24, 2.45) is 16.7 Å². The van der Waals surface area contributed by atoms with E-state index in [1.165, 1.54) is 25.7 Å². The van der Waals surface area contributed by atoms with Crippen LogP contribution < -0.4 is 0 Å². The Morgan fingerprint density at radius 3 is 2.57 bits per heavy atom. The van der Waals surface area contributed by atoms with E-state index in [2.05, 4.69) is 39.5 Å². The molecule has 0 aromatic carbocycles. The van der Waals surface area contributed by atoms with E-state index in [1.54, 1.807) is 7.11 Å². The number of ether oxygens (including phenoxy) is 1. The van der Waals surface area contributed by atoms with Crippen molar-refractivity contribution < 1.29 is 9.84 Å². The van der Waals surface area contributed by atoms with Crippen molar-refractivity contribution in [3.8, 4) is 11.8 Å². The van der Waals surface area contributed by atoms with Crippen LogP contribution in [0.25, 0.3) is 0 Å². The van der Waals surface area contributed by atoms with Gasteiger partial charge in [0.15, 0.2) is 0 Å². The Morgan fingerprint density at radius 2 is 1.95 bits per heavy atom. The van der Waals surface area contributed by atoms with Gasteiger partial charge in [0.25, 0.3) is 0 Å². The quantitative estimate of drug-likeness (QED) is 0.556. The second-order valence-electron chi connectivity index (χ2n) is 7.38. The minimum absolute atomic E-state index is 0.0133. The van der Waals surface area contributed by atoms with Gasteiger partial charge >= 0.3 is 0 Å². The Morgan fingerprint density at radius 1 is 1.24 bits per heavy atom. The Labute approximate surface area is 131 Å². The topological polar surface area (TPSA) is 29.5 Å². The van der Waals surface area contributed by atoms with Crippen molar-refractivity contribution in [1.29, 1.82) is 0 Å². The molecule has 0 aliphatic heterocycles. The van der Waals surface area contributed by atoms with Crippen molar-refractivity contribution in [2.75, 3.05) is 13.7 Å². The molecule has 2 nitrogen and oxygen atoms in total. The second kappa shape index (κ2) is 8.20. The molecule has 1 N–H and O–H groups in total. The summed E-state index contributed by atoms with van der Waals surface area (Å²) in [6, 6.07) is 0. The highest BCUT2D eigenvalue weighted by molar-refractivity contribution is 5.20. The third-order valence-corrected chi connectivity index (χ3v) is 5.65. The van der Waals surface area contributed by atoms with Crippen molar-refractivity contribution in [1.82, 2.24) is 0 Å². The lowest BCUT2D eigenvalue weighted by Gasteiger charge is -2.38. The third-order valence-electron chi connectivity index (χ3n) is 5.65. The highest BCUT2D eigenvalue weighted by Crippen LogP contribution is 2.55. The fourth-order valence-electron chi connectivity index (χ4n) is 3.39. The van der Waals surface area contributed by atoms with Gasteiger partial charge in [0.2, 0.25) is 0 Å². The average molecular weight is 294 g/mol. The number of methoxy groups -OCH3 is 1. The van der Waals surface area contributed by atoms with E-state index >= 15 is 0 Å². The van der Waals surface area contributed by atoms with E-state index < -0.39 is 6.10 Å². The summed E-state index contributed by atoms with van der Waals surface area (Å²) in [5.74, 6) is 7.11. The maximum Gasteiger partial charge on any atom is 0.114 e. The molecular formula is C19H34O2. The Hall–Kier alpha value is -0.520.